The van der Waals surface area contributed by atoms with E-state index in [-0.39, 0.29) is 46.4 Å². The van der Waals surface area contributed by atoms with Gasteiger partial charge in [-0.05, 0) is 47.8 Å². The Kier molecular flexibility index (Phi) is 5.47. The van der Waals surface area contributed by atoms with Gasteiger partial charge in [-0.1, -0.05) is 41.5 Å². The van der Waals surface area contributed by atoms with E-state index in [1.54, 1.807) is 0 Å². The van der Waals surface area contributed by atoms with Crippen molar-refractivity contribution in [1.29, 1.82) is 0 Å². The molecular weight excluding hydrogens is 425 g/mol. The molecule has 32 heavy (non-hydrogen) atoms. The van der Waals surface area contributed by atoms with E-state index in [2.05, 4.69) is 41.5 Å². The fraction of sp³-hybridized carbons (Fsp3) is 0.917. The smallest absolute Gasteiger partial charge is 0.425 e. The molecule has 6 aliphatic rings. The van der Waals surface area contributed by atoms with Crippen LogP contribution in [0, 0.1) is 52.3 Å². The molecule has 3 saturated heterocycles. The van der Waals surface area contributed by atoms with Crippen LogP contribution in [0.15, 0.2) is 0 Å². The minimum Gasteiger partial charge on any atom is -0.458 e. The van der Waals surface area contributed by atoms with Gasteiger partial charge in [-0.2, -0.15) is 13.2 Å². The van der Waals surface area contributed by atoms with E-state index in [9.17, 15) is 22.8 Å². The second-order valence-corrected chi connectivity index (χ2v) is 12.2. The molecule has 4 bridgehead atoms. The molecule has 0 radical (unpaired) electrons. The van der Waals surface area contributed by atoms with Crippen molar-refractivity contribution < 1.29 is 37.0 Å². The summed E-state index contributed by atoms with van der Waals surface area (Å²) in [5.74, 6) is -1.69. The zero-order valence-corrected chi connectivity index (χ0v) is 19.9. The number of carbonyl (C=O) groups is 2. The second-order valence-electron chi connectivity index (χ2n) is 12.2. The highest BCUT2D eigenvalue weighted by atomic mass is 19.4. The van der Waals surface area contributed by atoms with Gasteiger partial charge in [0.2, 0.25) is 0 Å². The SMILES string of the molecule is CC(OC(=O)C1C2OC(=O)C3C4C3C4C1C2OCC(C)(CC(C)(C)C)C(C)C)C(F)(F)F. The zero-order valence-electron chi connectivity index (χ0n) is 19.9. The Morgan fingerprint density at radius 2 is 1.62 bits per heavy atom. The van der Waals surface area contributed by atoms with Gasteiger partial charge in [-0.25, -0.2) is 0 Å². The Hall–Kier alpha value is -1.31. The Balaban J connectivity index is 1.50. The van der Waals surface area contributed by atoms with Crippen LogP contribution in [0.5, 0.6) is 0 Å². The lowest BCUT2D eigenvalue weighted by molar-refractivity contribution is -0.255. The second kappa shape index (κ2) is 7.34. The van der Waals surface area contributed by atoms with E-state index < -0.39 is 36.4 Å². The van der Waals surface area contributed by atoms with Crippen LogP contribution in [-0.2, 0) is 23.8 Å². The average Bonchev–Trinajstić information content (AvgIpc) is 3.46. The third-order valence-corrected chi connectivity index (χ3v) is 8.28. The number of halogens is 3. The topological polar surface area (TPSA) is 61.8 Å². The third kappa shape index (κ3) is 3.94. The Bertz CT molecular complexity index is 777. The summed E-state index contributed by atoms with van der Waals surface area (Å²) in [7, 11) is 0. The van der Waals surface area contributed by atoms with Crippen LogP contribution in [0.4, 0.5) is 13.2 Å². The maximum Gasteiger partial charge on any atom is 0.425 e. The number of esters is 2. The summed E-state index contributed by atoms with van der Waals surface area (Å²) in [5, 5.41) is 0. The van der Waals surface area contributed by atoms with Crippen molar-refractivity contribution in [2.75, 3.05) is 6.61 Å². The van der Waals surface area contributed by atoms with Crippen molar-refractivity contribution >= 4 is 11.9 Å². The fourth-order valence-electron chi connectivity index (χ4n) is 6.15. The molecule has 182 valence electrons. The van der Waals surface area contributed by atoms with Crippen LogP contribution in [-0.4, -0.2) is 43.0 Å². The summed E-state index contributed by atoms with van der Waals surface area (Å²) < 4.78 is 55.5. The summed E-state index contributed by atoms with van der Waals surface area (Å²) in [4.78, 5) is 25.2. The first-order chi connectivity index (χ1) is 14.6. The minimum absolute atomic E-state index is 0.0874. The van der Waals surface area contributed by atoms with Crippen LogP contribution in [0.3, 0.4) is 0 Å². The summed E-state index contributed by atoms with van der Waals surface area (Å²) in [6.07, 6.45) is -7.27. The normalized spacial score (nSPS) is 40.2. The van der Waals surface area contributed by atoms with E-state index >= 15 is 0 Å². The van der Waals surface area contributed by atoms with Gasteiger partial charge in [0.1, 0.15) is 12.0 Å². The maximum atomic E-state index is 12.9. The monoisotopic (exact) mass is 460 g/mol. The van der Waals surface area contributed by atoms with Crippen LogP contribution in [0.2, 0.25) is 0 Å². The summed E-state index contributed by atoms with van der Waals surface area (Å²) in [5.41, 5.74) is -0.0447. The molecule has 3 saturated carbocycles. The highest BCUT2D eigenvalue weighted by Gasteiger charge is 2.84. The minimum atomic E-state index is -4.63. The van der Waals surface area contributed by atoms with Crippen LogP contribution < -0.4 is 0 Å². The molecule has 3 heterocycles. The van der Waals surface area contributed by atoms with Crippen molar-refractivity contribution in [3.63, 3.8) is 0 Å². The quantitative estimate of drug-likeness (QED) is 0.519. The number of carbonyl (C=O) groups excluding carboxylic acids is 2. The summed E-state index contributed by atoms with van der Waals surface area (Å²) in [6.45, 7) is 14.2. The highest BCUT2D eigenvalue weighted by Crippen LogP contribution is 2.80. The molecule has 0 spiro atoms. The molecule has 5 nitrogen and oxygen atoms in total. The predicted molar refractivity (Wildman–Crippen MR) is 109 cm³/mol. The van der Waals surface area contributed by atoms with Gasteiger partial charge in [0.15, 0.2) is 6.10 Å². The van der Waals surface area contributed by atoms with Crippen molar-refractivity contribution in [3.05, 3.63) is 0 Å². The largest absolute Gasteiger partial charge is 0.458 e. The predicted octanol–water partition coefficient (Wildman–Crippen LogP) is 4.63. The van der Waals surface area contributed by atoms with E-state index in [4.69, 9.17) is 14.2 Å². The Morgan fingerprint density at radius 3 is 2.12 bits per heavy atom. The van der Waals surface area contributed by atoms with Gasteiger partial charge in [0.25, 0.3) is 0 Å². The molecule has 3 aliphatic heterocycles. The maximum absolute atomic E-state index is 12.9. The molecular formula is C24H35F3O5. The van der Waals surface area contributed by atoms with E-state index in [0.29, 0.717) is 12.5 Å². The summed E-state index contributed by atoms with van der Waals surface area (Å²) >= 11 is 0. The molecule has 0 aromatic heterocycles. The van der Waals surface area contributed by atoms with E-state index in [0.717, 1.165) is 13.3 Å². The Morgan fingerprint density at radius 1 is 1.03 bits per heavy atom. The molecule has 6 rings (SSSR count). The van der Waals surface area contributed by atoms with Crippen LogP contribution >= 0.6 is 0 Å². The van der Waals surface area contributed by atoms with Gasteiger partial charge >= 0.3 is 18.1 Å². The first kappa shape index (κ1) is 23.8. The first-order valence-electron chi connectivity index (χ1n) is 11.7. The molecule has 8 atom stereocenters. The lowest BCUT2D eigenvalue weighted by Crippen LogP contribution is -2.66. The number of ether oxygens (including phenoxy) is 3. The van der Waals surface area contributed by atoms with Gasteiger partial charge in [0, 0.05) is 5.92 Å². The van der Waals surface area contributed by atoms with Crippen molar-refractivity contribution in [2.24, 2.45) is 52.3 Å². The standard InChI is InChI=1S/C24H35F3O5/c1-10(2)23(7,8-22(4,5)6)9-30-18-15-12-13-14(12)16(13)20(28)32-19(18)17(15)21(29)31-11(3)24(25,26)27/h10-19H,8-9H2,1-7H3. The molecule has 6 fully saturated rings. The third-order valence-electron chi connectivity index (χ3n) is 8.28. The van der Waals surface area contributed by atoms with Crippen molar-refractivity contribution in [2.45, 2.75) is 79.4 Å². The van der Waals surface area contributed by atoms with Crippen molar-refractivity contribution in [3.8, 4) is 0 Å². The van der Waals surface area contributed by atoms with E-state index in [1.165, 1.54) is 0 Å². The van der Waals surface area contributed by atoms with Crippen molar-refractivity contribution in [1.82, 2.24) is 0 Å². The Labute approximate surface area is 187 Å². The van der Waals surface area contributed by atoms with Gasteiger partial charge in [0.05, 0.1) is 18.6 Å². The molecule has 0 aromatic carbocycles. The number of alkyl halides is 3. The first-order valence-corrected chi connectivity index (χ1v) is 11.7. The molecule has 3 aliphatic carbocycles. The van der Waals surface area contributed by atoms with E-state index in [1.807, 2.05) is 0 Å². The lowest BCUT2D eigenvalue weighted by atomic mass is 9.61. The van der Waals surface area contributed by atoms with Gasteiger partial charge < -0.3 is 14.2 Å². The molecule has 0 aromatic rings. The molecule has 0 N–H and O–H groups in total. The average molecular weight is 461 g/mol. The molecule has 8 unspecified atom stereocenters. The van der Waals surface area contributed by atoms with Crippen LogP contribution in [0.25, 0.3) is 0 Å². The fourth-order valence-corrected chi connectivity index (χ4v) is 6.15. The summed E-state index contributed by atoms with van der Waals surface area (Å²) in [6, 6.07) is 0. The number of hydrogen-bond donors (Lipinski definition) is 0. The highest BCUT2D eigenvalue weighted by molar-refractivity contribution is 5.83. The molecule has 8 heteroatoms. The lowest BCUT2D eigenvalue weighted by Gasteiger charge is -2.53. The number of hydrogen-bond acceptors (Lipinski definition) is 5. The van der Waals surface area contributed by atoms with Crippen LogP contribution in [0.1, 0.15) is 54.9 Å². The zero-order chi connectivity index (χ0) is 24.0. The number of rotatable bonds is 7. The molecule has 0 amide bonds. The van der Waals surface area contributed by atoms with Gasteiger partial charge in [-0.15, -0.1) is 0 Å². The van der Waals surface area contributed by atoms with Gasteiger partial charge in [-0.3, -0.25) is 9.59 Å².